The molecule has 0 heterocycles. The van der Waals surface area contributed by atoms with Crippen molar-refractivity contribution >= 4 is 5.97 Å². The summed E-state index contributed by atoms with van der Waals surface area (Å²) in [5.74, 6) is 0.292. The van der Waals surface area contributed by atoms with E-state index in [1.54, 1.807) is 26.0 Å². The molecule has 0 bridgehead atoms. The lowest BCUT2D eigenvalue weighted by atomic mass is 10.1. The van der Waals surface area contributed by atoms with Gasteiger partial charge in [-0.15, -0.1) is 0 Å². The Kier molecular flexibility index (Phi) is 5.01. The smallest absolute Gasteiger partial charge is 0.349 e. The summed E-state index contributed by atoms with van der Waals surface area (Å²) < 4.78 is 10.7. The van der Waals surface area contributed by atoms with E-state index in [9.17, 15) is 4.79 Å². The molecule has 1 rings (SSSR count). The van der Waals surface area contributed by atoms with E-state index in [1.807, 2.05) is 6.92 Å². The van der Waals surface area contributed by atoms with Crippen molar-refractivity contribution in [3.8, 4) is 11.5 Å². The molecule has 100 valence electrons. The summed E-state index contributed by atoms with van der Waals surface area (Å²) in [6.07, 6.45) is 1.83. The molecule has 0 spiro atoms. The molecule has 0 aliphatic rings. The van der Waals surface area contributed by atoms with Crippen LogP contribution >= 0.6 is 0 Å². The Labute approximate surface area is 108 Å². The van der Waals surface area contributed by atoms with Crippen LogP contribution in [0, 0.1) is 0 Å². The minimum atomic E-state index is -1.04. The normalized spacial score (nSPS) is 11.1. The van der Waals surface area contributed by atoms with Crippen LogP contribution in [0.5, 0.6) is 11.5 Å². The Morgan fingerprint density at radius 3 is 2.44 bits per heavy atom. The monoisotopic (exact) mass is 252 g/mol. The number of hydrogen-bond acceptors (Lipinski definition) is 4. The van der Waals surface area contributed by atoms with Gasteiger partial charge in [0, 0.05) is 0 Å². The minimum absolute atomic E-state index is 0.158. The summed E-state index contributed by atoms with van der Waals surface area (Å²) in [5.41, 5.74) is -1.04. The SMILES string of the molecule is CCCCOC(=O)C(C)(C)Oc1ccc(O)cc1. The molecule has 0 saturated heterocycles. The number of benzene rings is 1. The second-order valence-electron chi connectivity index (χ2n) is 4.60. The first-order valence-electron chi connectivity index (χ1n) is 6.11. The summed E-state index contributed by atoms with van der Waals surface area (Å²) in [4.78, 5) is 11.8. The molecule has 0 aromatic heterocycles. The Bertz CT molecular complexity index is 381. The Hall–Kier alpha value is -1.71. The number of ether oxygens (including phenoxy) is 2. The van der Waals surface area contributed by atoms with Crippen LogP contribution < -0.4 is 4.74 Å². The lowest BCUT2D eigenvalue weighted by Crippen LogP contribution is -2.39. The molecule has 0 radical (unpaired) electrons. The van der Waals surface area contributed by atoms with Crippen molar-refractivity contribution in [3.63, 3.8) is 0 Å². The van der Waals surface area contributed by atoms with Crippen LogP contribution in [-0.2, 0) is 9.53 Å². The van der Waals surface area contributed by atoms with Gasteiger partial charge in [0.2, 0.25) is 0 Å². The van der Waals surface area contributed by atoms with Gasteiger partial charge in [0.15, 0.2) is 5.60 Å². The summed E-state index contributed by atoms with van der Waals surface area (Å²) in [7, 11) is 0. The summed E-state index contributed by atoms with van der Waals surface area (Å²) in [6, 6.07) is 6.23. The molecule has 0 unspecified atom stereocenters. The van der Waals surface area contributed by atoms with Crippen molar-refractivity contribution in [2.24, 2.45) is 0 Å². The van der Waals surface area contributed by atoms with Crippen molar-refractivity contribution in [1.82, 2.24) is 0 Å². The second-order valence-corrected chi connectivity index (χ2v) is 4.60. The molecule has 4 heteroatoms. The molecule has 0 amide bonds. The quantitative estimate of drug-likeness (QED) is 0.624. The fourth-order valence-corrected chi connectivity index (χ4v) is 1.33. The molecule has 0 atom stereocenters. The van der Waals surface area contributed by atoms with Gasteiger partial charge < -0.3 is 14.6 Å². The summed E-state index contributed by atoms with van der Waals surface area (Å²) in [6.45, 7) is 5.77. The number of phenolic OH excluding ortho intramolecular Hbond substituents is 1. The van der Waals surface area contributed by atoms with E-state index in [2.05, 4.69) is 0 Å². The van der Waals surface area contributed by atoms with E-state index in [4.69, 9.17) is 14.6 Å². The van der Waals surface area contributed by atoms with E-state index >= 15 is 0 Å². The predicted molar refractivity (Wildman–Crippen MR) is 68.7 cm³/mol. The highest BCUT2D eigenvalue weighted by Gasteiger charge is 2.31. The van der Waals surface area contributed by atoms with Crippen LogP contribution in [0.1, 0.15) is 33.6 Å². The number of unbranched alkanes of at least 4 members (excludes halogenated alkanes) is 1. The maximum atomic E-state index is 11.8. The first kappa shape index (κ1) is 14.4. The average molecular weight is 252 g/mol. The Morgan fingerprint density at radius 2 is 1.89 bits per heavy atom. The van der Waals surface area contributed by atoms with Crippen molar-refractivity contribution in [3.05, 3.63) is 24.3 Å². The molecule has 0 aliphatic heterocycles. The summed E-state index contributed by atoms with van der Waals surface area (Å²) in [5, 5.41) is 9.16. The molecule has 1 aromatic carbocycles. The molecule has 18 heavy (non-hydrogen) atoms. The van der Waals surface area contributed by atoms with Crippen LogP contribution in [0.2, 0.25) is 0 Å². The van der Waals surface area contributed by atoms with Crippen molar-refractivity contribution < 1.29 is 19.4 Å². The van der Waals surface area contributed by atoms with Crippen LogP contribution in [-0.4, -0.2) is 23.3 Å². The predicted octanol–water partition coefficient (Wildman–Crippen LogP) is 2.89. The molecule has 4 nitrogen and oxygen atoms in total. The van der Waals surface area contributed by atoms with E-state index in [-0.39, 0.29) is 11.7 Å². The average Bonchev–Trinajstić information content (AvgIpc) is 2.32. The van der Waals surface area contributed by atoms with E-state index in [1.165, 1.54) is 12.1 Å². The van der Waals surface area contributed by atoms with E-state index in [0.717, 1.165) is 12.8 Å². The van der Waals surface area contributed by atoms with Crippen LogP contribution in [0.25, 0.3) is 0 Å². The maximum absolute atomic E-state index is 11.8. The van der Waals surface area contributed by atoms with Gasteiger partial charge >= 0.3 is 5.97 Å². The molecule has 0 fully saturated rings. The highest BCUT2D eigenvalue weighted by molar-refractivity contribution is 5.79. The van der Waals surface area contributed by atoms with Gasteiger partial charge in [-0.25, -0.2) is 4.79 Å². The van der Waals surface area contributed by atoms with Gasteiger partial charge in [-0.2, -0.15) is 0 Å². The third-order valence-electron chi connectivity index (χ3n) is 2.43. The first-order valence-corrected chi connectivity index (χ1v) is 6.11. The van der Waals surface area contributed by atoms with Crippen molar-refractivity contribution in [2.75, 3.05) is 6.61 Å². The van der Waals surface area contributed by atoms with Crippen molar-refractivity contribution in [1.29, 1.82) is 0 Å². The van der Waals surface area contributed by atoms with E-state index < -0.39 is 5.60 Å². The standard InChI is InChI=1S/C14H20O4/c1-4-5-10-17-13(16)14(2,3)18-12-8-6-11(15)7-9-12/h6-9,15H,4-5,10H2,1-3H3. The number of aromatic hydroxyl groups is 1. The lowest BCUT2D eigenvalue weighted by molar-refractivity contribution is -0.159. The minimum Gasteiger partial charge on any atom is -0.508 e. The third-order valence-corrected chi connectivity index (χ3v) is 2.43. The van der Waals surface area contributed by atoms with Crippen LogP contribution in [0.15, 0.2) is 24.3 Å². The molecular weight excluding hydrogens is 232 g/mol. The number of rotatable bonds is 6. The highest BCUT2D eigenvalue weighted by atomic mass is 16.6. The fraction of sp³-hybridized carbons (Fsp3) is 0.500. The lowest BCUT2D eigenvalue weighted by Gasteiger charge is -2.24. The topological polar surface area (TPSA) is 55.8 Å². The van der Waals surface area contributed by atoms with Gasteiger partial charge in [-0.1, -0.05) is 13.3 Å². The molecule has 1 N–H and O–H groups in total. The van der Waals surface area contributed by atoms with Gasteiger partial charge in [0.25, 0.3) is 0 Å². The zero-order valence-electron chi connectivity index (χ0n) is 11.1. The molecule has 0 saturated carbocycles. The van der Waals surface area contributed by atoms with Crippen LogP contribution in [0.4, 0.5) is 0 Å². The number of hydrogen-bond donors (Lipinski definition) is 1. The second kappa shape index (κ2) is 6.28. The number of carbonyl (C=O) groups excluding carboxylic acids is 1. The highest BCUT2D eigenvalue weighted by Crippen LogP contribution is 2.22. The molecule has 1 aromatic rings. The third kappa shape index (κ3) is 4.28. The zero-order valence-corrected chi connectivity index (χ0v) is 11.1. The number of carbonyl (C=O) groups is 1. The fourth-order valence-electron chi connectivity index (χ4n) is 1.33. The van der Waals surface area contributed by atoms with Gasteiger partial charge in [-0.05, 0) is 44.5 Å². The van der Waals surface area contributed by atoms with Gasteiger partial charge in [0.1, 0.15) is 11.5 Å². The number of esters is 1. The molecule has 0 aliphatic carbocycles. The van der Waals surface area contributed by atoms with E-state index in [0.29, 0.717) is 12.4 Å². The summed E-state index contributed by atoms with van der Waals surface area (Å²) >= 11 is 0. The zero-order chi connectivity index (χ0) is 13.6. The largest absolute Gasteiger partial charge is 0.508 e. The van der Waals surface area contributed by atoms with Crippen molar-refractivity contribution in [2.45, 2.75) is 39.2 Å². The molecular formula is C14H20O4. The Balaban J connectivity index is 2.57. The van der Waals surface area contributed by atoms with Crippen LogP contribution in [0.3, 0.4) is 0 Å². The number of phenols is 1. The Morgan fingerprint density at radius 1 is 1.28 bits per heavy atom. The van der Waals surface area contributed by atoms with Gasteiger partial charge in [-0.3, -0.25) is 0 Å². The maximum Gasteiger partial charge on any atom is 0.349 e. The first-order chi connectivity index (χ1) is 8.45. The van der Waals surface area contributed by atoms with Gasteiger partial charge in [0.05, 0.1) is 6.61 Å².